The number of hydrogen-bond donors (Lipinski definition) is 2. The molecule has 9 nitrogen and oxygen atoms in total. The summed E-state index contributed by atoms with van der Waals surface area (Å²) in [4.78, 5) is 12.7. The molecule has 4 aromatic rings. The van der Waals surface area contributed by atoms with Gasteiger partial charge in [0, 0.05) is 27.7 Å². The Morgan fingerprint density at radius 3 is 2.49 bits per heavy atom. The van der Waals surface area contributed by atoms with Crippen molar-refractivity contribution < 1.29 is 57.2 Å². The van der Waals surface area contributed by atoms with E-state index < -0.39 is 26.7 Å². The maximum Gasteiger partial charge on any atom is 1.00 e. The number of carbonyl (C=O) groups excluding carboxylic acids is 1. The van der Waals surface area contributed by atoms with Gasteiger partial charge in [-0.15, -0.1) is 0 Å². The van der Waals surface area contributed by atoms with Crippen LogP contribution in [-0.4, -0.2) is 25.5 Å². The summed E-state index contributed by atoms with van der Waals surface area (Å²) < 4.78 is 37.8. The first-order valence-corrected chi connectivity index (χ1v) is 13.3. The summed E-state index contributed by atoms with van der Waals surface area (Å²) in [5.41, 5.74) is 0.465. The van der Waals surface area contributed by atoms with Crippen LogP contribution in [0.15, 0.2) is 75.8 Å². The molecule has 0 heterocycles. The van der Waals surface area contributed by atoms with E-state index in [-0.39, 0.29) is 57.1 Å². The van der Waals surface area contributed by atoms with Gasteiger partial charge in [0.05, 0.1) is 23.0 Å². The van der Waals surface area contributed by atoms with Crippen LogP contribution in [0.5, 0.6) is 11.5 Å². The number of hydrogen-bond acceptors (Lipinski definition) is 7. The first kappa shape index (κ1) is 30.8. The van der Waals surface area contributed by atoms with Gasteiger partial charge in [-0.3, -0.25) is 9.35 Å². The van der Waals surface area contributed by atoms with Gasteiger partial charge in [0.15, 0.2) is 0 Å². The maximum atomic E-state index is 13.4. The van der Waals surface area contributed by atoms with Gasteiger partial charge in [-0.25, -0.2) is 0 Å². The predicted molar refractivity (Wildman–Crippen MR) is 144 cm³/mol. The summed E-state index contributed by atoms with van der Waals surface area (Å²) in [6.07, 6.45) is 0. The molecule has 4 aromatic carbocycles. The Hall–Kier alpha value is -2.70. The van der Waals surface area contributed by atoms with Crippen LogP contribution in [0.3, 0.4) is 0 Å². The second kappa shape index (κ2) is 12.6. The third kappa shape index (κ3) is 6.90. The van der Waals surface area contributed by atoms with Crippen LogP contribution >= 0.6 is 23.2 Å². The normalized spacial score (nSPS) is 11.4. The van der Waals surface area contributed by atoms with Crippen LogP contribution in [0.2, 0.25) is 10.0 Å². The molecule has 13 heteroatoms. The maximum absolute atomic E-state index is 13.4. The number of nitrogens with zero attached hydrogens (tertiary/aromatic N) is 2. The minimum Gasteiger partial charge on any atom is -0.870 e. The first-order valence-electron chi connectivity index (χ1n) is 11.2. The van der Waals surface area contributed by atoms with Crippen molar-refractivity contribution in [2.45, 2.75) is 18.7 Å². The number of azo groups is 1. The molecule has 0 spiro atoms. The molecule has 0 aliphatic carbocycles. The Bertz CT molecular complexity index is 1710. The zero-order valence-corrected chi connectivity index (χ0v) is 25.4. The van der Waals surface area contributed by atoms with Crippen molar-refractivity contribution in [2.24, 2.45) is 10.2 Å². The fourth-order valence-electron chi connectivity index (χ4n) is 3.72. The Labute approximate surface area is 256 Å². The van der Waals surface area contributed by atoms with Gasteiger partial charge < -0.3 is 15.2 Å². The van der Waals surface area contributed by atoms with E-state index in [4.69, 9.17) is 27.9 Å². The Balaban J connectivity index is 0.00000420. The third-order valence-corrected chi connectivity index (χ3v) is 7.23. The zero-order chi connectivity index (χ0) is 27.6. The quantitative estimate of drug-likeness (QED) is 0.189. The molecule has 0 aliphatic heterocycles. The Morgan fingerprint density at radius 1 is 1.08 bits per heavy atom. The summed E-state index contributed by atoms with van der Waals surface area (Å²) in [5, 5.41) is 25.4. The summed E-state index contributed by atoms with van der Waals surface area (Å²) in [6.45, 7) is 3.71. The average molecular weight is 596 g/mol. The molecule has 0 saturated carbocycles. The number of ether oxygens (including phenoxy) is 1. The fourth-order valence-corrected chi connectivity index (χ4v) is 5.02. The van der Waals surface area contributed by atoms with Crippen molar-refractivity contribution in [2.75, 3.05) is 11.9 Å². The fraction of sp³-hybridized carbons (Fsp3) is 0.115. The summed E-state index contributed by atoms with van der Waals surface area (Å²) >= 11 is 12.2. The standard InChI is InChI=1S/C26H21Cl2N3O6S.Na/c1-3-37-18-12-16(27)11-17(13-18)29-26(33)20-10-15-6-4-5-7-19(15)24(25(20)32)31-30-21-8-9-22(38(34,35)36)23(28)14(21)2;/h4-13,32H,3H2,1-2H3,(H,29,33)(H,34,35,36);/q;+1/p-1. The number of nitrogens with one attached hydrogen (secondary N) is 1. The SMILES string of the molecule is CCOc1cc(Cl)cc(NC(=O)c2cc3ccccc3c(N=Nc3ccc(S(=O)(=O)O)c(Cl)c3C)c2[O-])c1.[Na+]. The molecule has 0 unspecified atom stereocenters. The topological polar surface area (TPSA) is 140 Å². The van der Waals surface area contributed by atoms with Gasteiger partial charge >= 0.3 is 29.6 Å². The molecule has 4 rings (SSSR count). The zero-order valence-electron chi connectivity index (χ0n) is 21.0. The minimum atomic E-state index is -4.54. The monoisotopic (exact) mass is 595 g/mol. The smallest absolute Gasteiger partial charge is 0.870 e. The number of benzene rings is 4. The second-order valence-corrected chi connectivity index (χ2v) is 10.3. The van der Waals surface area contributed by atoms with E-state index in [0.29, 0.717) is 33.8 Å². The number of anilines is 1. The molecule has 2 N–H and O–H groups in total. The van der Waals surface area contributed by atoms with Crippen LogP contribution in [0.1, 0.15) is 22.8 Å². The van der Waals surface area contributed by atoms with Crippen molar-refractivity contribution in [1.82, 2.24) is 0 Å². The number of carbonyl (C=O) groups is 1. The van der Waals surface area contributed by atoms with Crippen molar-refractivity contribution in [1.29, 1.82) is 0 Å². The Morgan fingerprint density at radius 2 is 1.79 bits per heavy atom. The molecule has 0 radical (unpaired) electrons. The number of rotatable bonds is 7. The van der Waals surface area contributed by atoms with E-state index in [0.717, 1.165) is 6.07 Å². The molecule has 0 aliphatic rings. The van der Waals surface area contributed by atoms with Gasteiger partial charge in [-0.1, -0.05) is 53.2 Å². The van der Waals surface area contributed by atoms with Gasteiger partial charge in [0.1, 0.15) is 10.6 Å². The molecule has 0 fully saturated rings. The molecule has 0 saturated heterocycles. The van der Waals surface area contributed by atoms with Crippen LogP contribution in [-0.2, 0) is 10.1 Å². The summed E-state index contributed by atoms with van der Waals surface area (Å²) in [6, 6.07) is 15.4. The van der Waals surface area contributed by atoms with E-state index in [2.05, 4.69) is 15.5 Å². The van der Waals surface area contributed by atoms with E-state index in [1.54, 1.807) is 36.4 Å². The third-order valence-electron chi connectivity index (χ3n) is 5.52. The molecular weight excluding hydrogens is 576 g/mol. The van der Waals surface area contributed by atoms with Gasteiger partial charge in [0.25, 0.3) is 16.0 Å². The van der Waals surface area contributed by atoms with Gasteiger partial charge in [0.2, 0.25) is 0 Å². The Kier molecular flexibility index (Phi) is 10.0. The van der Waals surface area contributed by atoms with Crippen LogP contribution in [0.25, 0.3) is 10.8 Å². The molecule has 1 amide bonds. The first-order chi connectivity index (χ1) is 18.0. The second-order valence-electron chi connectivity index (χ2n) is 8.08. The summed E-state index contributed by atoms with van der Waals surface area (Å²) in [7, 11) is -4.54. The van der Waals surface area contributed by atoms with Crippen molar-refractivity contribution in [3.05, 3.63) is 81.8 Å². The summed E-state index contributed by atoms with van der Waals surface area (Å²) in [5.74, 6) is -0.895. The van der Waals surface area contributed by atoms with Crippen molar-refractivity contribution in [3.8, 4) is 11.5 Å². The van der Waals surface area contributed by atoms with E-state index in [9.17, 15) is 22.9 Å². The van der Waals surface area contributed by atoms with Gasteiger partial charge in [-0.05, 0) is 55.1 Å². The molecule has 0 aromatic heterocycles. The van der Waals surface area contributed by atoms with Crippen LogP contribution in [0, 0.1) is 6.92 Å². The average Bonchev–Trinajstić information content (AvgIpc) is 2.84. The van der Waals surface area contributed by atoms with E-state index >= 15 is 0 Å². The molecule has 196 valence electrons. The van der Waals surface area contributed by atoms with E-state index in [1.165, 1.54) is 25.1 Å². The number of amides is 1. The van der Waals surface area contributed by atoms with Crippen molar-refractivity contribution in [3.63, 3.8) is 0 Å². The number of halogens is 2. The predicted octanol–water partition coefficient (Wildman–Crippen LogP) is 3.85. The molecule has 0 bridgehead atoms. The largest absolute Gasteiger partial charge is 1.00 e. The molecule has 0 atom stereocenters. The van der Waals surface area contributed by atoms with Crippen molar-refractivity contribution >= 4 is 67.1 Å². The van der Waals surface area contributed by atoms with Gasteiger partial charge in [-0.2, -0.15) is 18.6 Å². The van der Waals surface area contributed by atoms with E-state index in [1.807, 2.05) is 6.92 Å². The minimum absolute atomic E-state index is 0. The molecular formula is C26H20Cl2N3NaO6S. The van der Waals surface area contributed by atoms with Crippen LogP contribution in [0.4, 0.5) is 17.1 Å². The van der Waals surface area contributed by atoms with Crippen LogP contribution < -0.4 is 44.7 Å². The molecule has 39 heavy (non-hydrogen) atoms. The number of fused-ring (bicyclic) bond motifs is 1.